The zero-order valence-electron chi connectivity index (χ0n) is 35.0. The molecule has 0 aliphatic carbocycles. The zero-order chi connectivity index (χ0) is 41.3. The van der Waals surface area contributed by atoms with Crippen molar-refractivity contribution in [3.63, 3.8) is 0 Å². The lowest BCUT2D eigenvalue weighted by atomic mass is 10.00. The maximum absolute atomic E-state index is 12.8. The largest absolute Gasteiger partial charge is 0.462 e. The molecule has 0 aromatic carbocycles. The average Bonchev–Trinajstić information content (AvgIpc) is 3.16. The number of carbonyl (C=O) groups excluding carboxylic acids is 2. The van der Waals surface area contributed by atoms with Crippen molar-refractivity contribution in [2.75, 3.05) is 19.0 Å². The van der Waals surface area contributed by atoms with Crippen molar-refractivity contribution < 1.29 is 56.8 Å². The van der Waals surface area contributed by atoms with Crippen LogP contribution in [0.2, 0.25) is 0 Å². The Morgan fingerprint density at radius 3 is 1.48 bits per heavy atom. The fourth-order valence-electron chi connectivity index (χ4n) is 6.85. The van der Waals surface area contributed by atoms with Gasteiger partial charge in [-0.3, -0.25) is 14.1 Å². The summed E-state index contributed by atoms with van der Waals surface area (Å²) in [6.07, 6.45) is 25.4. The van der Waals surface area contributed by atoms with Crippen LogP contribution in [0.4, 0.5) is 0 Å². The lowest BCUT2D eigenvalue weighted by Gasteiger charge is -2.40. The van der Waals surface area contributed by atoms with E-state index in [0.717, 1.165) is 57.8 Å². The van der Waals surface area contributed by atoms with Gasteiger partial charge < -0.3 is 34.3 Å². The Morgan fingerprint density at radius 1 is 0.589 bits per heavy atom. The van der Waals surface area contributed by atoms with Crippen LogP contribution in [0.1, 0.15) is 194 Å². The lowest BCUT2D eigenvalue weighted by molar-refractivity contribution is -0.297. The molecule has 330 valence electrons. The van der Waals surface area contributed by atoms with E-state index in [2.05, 4.69) is 26.0 Å². The quantitative estimate of drug-likeness (QED) is 0.0203. The van der Waals surface area contributed by atoms with Crippen molar-refractivity contribution in [2.45, 2.75) is 230 Å². The van der Waals surface area contributed by atoms with Gasteiger partial charge in [0.25, 0.3) is 10.1 Å². The summed E-state index contributed by atoms with van der Waals surface area (Å²) in [6.45, 7) is 3.75. The van der Waals surface area contributed by atoms with E-state index in [1.807, 2.05) is 0 Å². The van der Waals surface area contributed by atoms with E-state index in [-0.39, 0.29) is 19.4 Å². The standard InChI is InChI=1S/C43H80O12S/c1-3-5-7-9-11-13-15-17-18-20-22-24-26-28-30-32-39(45)54-36(34-53-43-42(48)41(47)40(46)37(55-43)35-56(49,50)51)33-52-38(44)31-29-27-25-23-21-19-16-14-12-10-8-6-4-2/h17-18,36-37,40-43,46-48H,3-16,19-35H2,1-2H3,(H,49,50,51)/b18-17+/t36-,37-,40-,41?,42?,43+/m1/s1. The minimum Gasteiger partial charge on any atom is -0.462 e. The van der Waals surface area contributed by atoms with Gasteiger partial charge >= 0.3 is 11.9 Å². The van der Waals surface area contributed by atoms with Crippen LogP contribution < -0.4 is 0 Å². The third kappa shape index (κ3) is 28.7. The van der Waals surface area contributed by atoms with E-state index in [1.165, 1.54) is 96.3 Å². The number of unbranched alkanes of at least 4 members (excludes halogenated alkanes) is 23. The van der Waals surface area contributed by atoms with Crippen LogP contribution in [0.15, 0.2) is 12.2 Å². The first kappa shape index (κ1) is 52.4. The molecule has 0 aromatic heterocycles. The number of rotatable bonds is 37. The molecule has 1 aliphatic rings. The van der Waals surface area contributed by atoms with Crippen LogP contribution in [0.5, 0.6) is 0 Å². The molecule has 1 fully saturated rings. The van der Waals surface area contributed by atoms with E-state index in [1.54, 1.807) is 0 Å². The summed E-state index contributed by atoms with van der Waals surface area (Å²) < 4.78 is 54.0. The van der Waals surface area contributed by atoms with Gasteiger partial charge in [0.15, 0.2) is 12.4 Å². The normalized spacial score (nSPS) is 20.7. The van der Waals surface area contributed by atoms with Crippen molar-refractivity contribution >= 4 is 22.1 Å². The predicted molar refractivity (Wildman–Crippen MR) is 220 cm³/mol. The van der Waals surface area contributed by atoms with Gasteiger partial charge in [-0.1, -0.05) is 154 Å². The molecule has 0 saturated carbocycles. The summed E-state index contributed by atoms with van der Waals surface area (Å²) in [5.41, 5.74) is 0. The highest BCUT2D eigenvalue weighted by Crippen LogP contribution is 2.24. The summed E-state index contributed by atoms with van der Waals surface area (Å²) in [6, 6.07) is 0. The Kier molecular flexibility index (Phi) is 32.1. The van der Waals surface area contributed by atoms with Crippen LogP contribution in [0.25, 0.3) is 0 Å². The van der Waals surface area contributed by atoms with E-state index in [9.17, 15) is 37.9 Å². The van der Waals surface area contributed by atoms with Gasteiger partial charge in [0.1, 0.15) is 36.8 Å². The van der Waals surface area contributed by atoms with Gasteiger partial charge in [0, 0.05) is 12.8 Å². The molecule has 13 heteroatoms. The molecule has 0 aromatic rings. The second-order valence-corrected chi connectivity index (χ2v) is 17.2. The van der Waals surface area contributed by atoms with Gasteiger partial charge in [-0.25, -0.2) is 0 Å². The fraction of sp³-hybridized carbons (Fsp3) is 0.907. The topological polar surface area (TPSA) is 186 Å². The number of allylic oxidation sites excluding steroid dienone is 2. The Morgan fingerprint density at radius 2 is 1.02 bits per heavy atom. The molecule has 4 N–H and O–H groups in total. The summed E-state index contributed by atoms with van der Waals surface area (Å²) in [5, 5.41) is 30.8. The fourth-order valence-corrected chi connectivity index (χ4v) is 7.54. The number of carbonyl (C=O) groups is 2. The Hall–Kier alpha value is -1.61. The summed E-state index contributed by atoms with van der Waals surface area (Å²) in [5.74, 6) is -1.98. The van der Waals surface area contributed by atoms with E-state index in [0.29, 0.717) is 12.8 Å². The van der Waals surface area contributed by atoms with Gasteiger partial charge in [-0.2, -0.15) is 8.42 Å². The third-order valence-electron chi connectivity index (χ3n) is 10.3. The van der Waals surface area contributed by atoms with E-state index >= 15 is 0 Å². The first-order valence-electron chi connectivity index (χ1n) is 22.2. The highest BCUT2D eigenvalue weighted by Gasteiger charge is 2.46. The Balaban J connectivity index is 2.46. The highest BCUT2D eigenvalue weighted by molar-refractivity contribution is 7.85. The smallest absolute Gasteiger partial charge is 0.306 e. The number of esters is 2. The number of hydrogen-bond acceptors (Lipinski definition) is 11. The molecule has 0 spiro atoms. The van der Waals surface area contributed by atoms with Gasteiger partial charge in [-0.05, 0) is 38.5 Å². The summed E-state index contributed by atoms with van der Waals surface area (Å²) >= 11 is 0. The van der Waals surface area contributed by atoms with Crippen molar-refractivity contribution in [1.82, 2.24) is 0 Å². The van der Waals surface area contributed by atoms with Crippen LogP contribution in [-0.4, -0.2) is 96.0 Å². The molecule has 0 bridgehead atoms. The second kappa shape index (κ2) is 34.3. The first-order chi connectivity index (χ1) is 27.0. The van der Waals surface area contributed by atoms with Gasteiger partial charge in [-0.15, -0.1) is 0 Å². The second-order valence-electron chi connectivity index (χ2n) is 15.7. The number of ether oxygens (including phenoxy) is 4. The van der Waals surface area contributed by atoms with Crippen molar-refractivity contribution in [1.29, 1.82) is 0 Å². The molecule has 1 rings (SSSR count). The minimum atomic E-state index is -4.60. The maximum Gasteiger partial charge on any atom is 0.306 e. The maximum atomic E-state index is 12.8. The van der Waals surface area contributed by atoms with Gasteiger partial charge in [0.05, 0.1) is 6.61 Å². The molecule has 1 aliphatic heterocycles. The summed E-state index contributed by atoms with van der Waals surface area (Å²) in [7, 11) is -4.60. The molecule has 0 radical (unpaired) electrons. The number of hydrogen-bond donors (Lipinski definition) is 4. The Labute approximate surface area is 339 Å². The molecular weight excluding hydrogens is 741 g/mol. The monoisotopic (exact) mass is 821 g/mol. The third-order valence-corrected chi connectivity index (χ3v) is 11.1. The van der Waals surface area contributed by atoms with Crippen LogP contribution in [-0.2, 0) is 38.7 Å². The Bertz CT molecular complexity index is 1100. The molecule has 0 amide bonds. The molecule has 6 atom stereocenters. The van der Waals surface area contributed by atoms with Crippen molar-refractivity contribution in [2.24, 2.45) is 0 Å². The molecule has 2 unspecified atom stereocenters. The van der Waals surface area contributed by atoms with Crippen molar-refractivity contribution in [3.8, 4) is 0 Å². The zero-order valence-corrected chi connectivity index (χ0v) is 35.8. The molecule has 12 nitrogen and oxygen atoms in total. The van der Waals surface area contributed by atoms with E-state index < -0.39 is 71.2 Å². The number of aliphatic hydroxyl groups is 3. The summed E-state index contributed by atoms with van der Waals surface area (Å²) in [4.78, 5) is 25.3. The minimum absolute atomic E-state index is 0.158. The van der Waals surface area contributed by atoms with Crippen molar-refractivity contribution in [3.05, 3.63) is 12.2 Å². The van der Waals surface area contributed by atoms with Crippen LogP contribution >= 0.6 is 0 Å². The predicted octanol–water partition coefficient (Wildman–Crippen LogP) is 8.67. The lowest BCUT2D eigenvalue weighted by Crippen LogP contribution is -2.60. The average molecular weight is 821 g/mol. The highest BCUT2D eigenvalue weighted by atomic mass is 32.2. The number of aliphatic hydroxyl groups excluding tert-OH is 3. The molecule has 1 saturated heterocycles. The molecule has 56 heavy (non-hydrogen) atoms. The molecular formula is C43H80O12S. The SMILES string of the molecule is CCCCCCCC/C=C/CCCCCCCC(=O)O[C@H](COC(=O)CCCCCCCCCCCCCCC)CO[C@H]1O[C@H](CS(=O)(=O)O)[C@@H](O)C(O)C1O. The first-order valence-corrected chi connectivity index (χ1v) is 23.9. The van der Waals surface area contributed by atoms with Crippen LogP contribution in [0.3, 0.4) is 0 Å². The van der Waals surface area contributed by atoms with Gasteiger partial charge in [0.2, 0.25) is 0 Å². The van der Waals surface area contributed by atoms with Crippen LogP contribution in [0, 0.1) is 0 Å². The molecule has 1 heterocycles. The van der Waals surface area contributed by atoms with E-state index in [4.69, 9.17) is 18.9 Å².